The van der Waals surface area contributed by atoms with E-state index in [9.17, 15) is 4.39 Å². The molecule has 1 aliphatic carbocycles. The number of aliphatic imine (C=N–C) groups is 1. The van der Waals surface area contributed by atoms with Crippen LogP contribution in [0.4, 0.5) is 4.39 Å². The highest BCUT2D eigenvalue weighted by atomic mass is 19.1. The van der Waals surface area contributed by atoms with Crippen LogP contribution in [0, 0.1) is 5.92 Å². The summed E-state index contributed by atoms with van der Waals surface area (Å²) in [6.07, 6.45) is 8.88. The van der Waals surface area contributed by atoms with Crippen LogP contribution >= 0.6 is 0 Å². The zero-order chi connectivity index (χ0) is 9.68. The Morgan fingerprint density at radius 2 is 2.46 bits per heavy atom. The molecule has 0 saturated heterocycles. The second-order valence-corrected chi connectivity index (χ2v) is 2.78. The van der Waals surface area contributed by atoms with E-state index in [1.54, 1.807) is 24.3 Å². The summed E-state index contributed by atoms with van der Waals surface area (Å²) in [4.78, 5) is 3.86. The highest BCUT2D eigenvalue weighted by Gasteiger charge is 2.11. The van der Waals surface area contributed by atoms with E-state index in [0.29, 0.717) is 6.42 Å². The van der Waals surface area contributed by atoms with Crippen molar-refractivity contribution in [3.8, 4) is 0 Å². The molecule has 0 aromatic carbocycles. The van der Waals surface area contributed by atoms with Gasteiger partial charge in [-0.15, -0.1) is 0 Å². The second-order valence-electron chi connectivity index (χ2n) is 2.78. The van der Waals surface area contributed by atoms with Crippen molar-refractivity contribution >= 4 is 6.72 Å². The third kappa shape index (κ3) is 2.51. The van der Waals surface area contributed by atoms with Crippen molar-refractivity contribution in [1.29, 1.82) is 0 Å². The number of rotatable bonds is 3. The van der Waals surface area contributed by atoms with Crippen LogP contribution in [0.2, 0.25) is 0 Å². The Balaban J connectivity index is 2.75. The number of nitrogens with zero attached hydrogens (tertiary/aromatic N) is 1. The third-order valence-corrected chi connectivity index (χ3v) is 1.91. The molecule has 1 aliphatic rings. The van der Waals surface area contributed by atoms with Gasteiger partial charge in [0.15, 0.2) is 0 Å². The lowest BCUT2D eigenvalue weighted by molar-refractivity contribution is 0.631. The van der Waals surface area contributed by atoms with Gasteiger partial charge in [0.1, 0.15) is 5.83 Å². The Morgan fingerprint density at radius 3 is 2.92 bits per heavy atom. The minimum absolute atomic E-state index is 0.134. The van der Waals surface area contributed by atoms with Crippen molar-refractivity contribution in [1.82, 2.24) is 0 Å². The van der Waals surface area contributed by atoms with Gasteiger partial charge in [0, 0.05) is 11.6 Å². The first kappa shape index (κ1) is 9.65. The van der Waals surface area contributed by atoms with E-state index in [-0.39, 0.29) is 11.7 Å². The molecule has 68 valence electrons. The maximum absolute atomic E-state index is 12.6. The van der Waals surface area contributed by atoms with Crippen LogP contribution in [-0.2, 0) is 0 Å². The quantitative estimate of drug-likeness (QED) is 0.463. The van der Waals surface area contributed by atoms with Crippen molar-refractivity contribution < 1.29 is 4.39 Å². The third-order valence-electron chi connectivity index (χ3n) is 1.91. The molecule has 0 spiro atoms. The molecule has 1 rings (SSSR count). The summed E-state index contributed by atoms with van der Waals surface area (Å²) >= 11 is 0. The Labute approximate surface area is 77.7 Å². The fourth-order valence-electron chi connectivity index (χ4n) is 1.23. The van der Waals surface area contributed by atoms with Gasteiger partial charge in [-0.1, -0.05) is 18.7 Å². The molecule has 0 saturated carbocycles. The summed E-state index contributed by atoms with van der Waals surface area (Å²) in [6, 6.07) is 0. The van der Waals surface area contributed by atoms with Crippen molar-refractivity contribution in [3.05, 3.63) is 48.5 Å². The van der Waals surface area contributed by atoms with Gasteiger partial charge >= 0.3 is 0 Å². The normalized spacial score (nSPS) is 22.4. The van der Waals surface area contributed by atoms with Crippen LogP contribution in [0.15, 0.2) is 53.5 Å². The molecular weight excluding hydrogens is 165 g/mol. The van der Waals surface area contributed by atoms with Crippen molar-refractivity contribution in [2.75, 3.05) is 0 Å². The first-order valence-corrected chi connectivity index (χ1v) is 4.11. The Kier molecular flexibility index (Phi) is 3.38. The van der Waals surface area contributed by atoms with Crippen LogP contribution in [0.25, 0.3) is 0 Å². The van der Waals surface area contributed by atoms with Crippen LogP contribution in [0.5, 0.6) is 0 Å². The zero-order valence-corrected chi connectivity index (χ0v) is 7.41. The van der Waals surface area contributed by atoms with E-state index in [0.717, 1.165) is 5.70 Å². The van der Waals surface area contributed by atoms with E-state index in [2.05, 4.69) is 18.3 Å². The van der Waals surface area contributed by atoms with E-state index >= 15 is 0 Å². The molecule has 0 bridgehead atoms. The predicted molar refractivity (Wildman–Crippen MR) is 54.3 cm³/mol. The first-order chi connectivity index (χ1) is 6.27. The summed E-state index contributed by atoms with van der Waals surface area (Å²) in [7, 11) is 0. The van der Waals surface area contributed by atoms with E-state index < -0.39 is 0 Å². The average molecular weight is 177 g/mol. The number of allylic oxidation sites excluding steroid dienone is 6. The van der Waals surface area contributed by atoms with Crippen LogP contribution < -0.4 is 0 Å². The molecule has 0 heterocycles. The van der Waals surface area contributed by atoms with E-state index in [1.165, 1.54) is 6.08 Å². The largest absolute Gasteiger partial charge is 0.268 e. The average Bonchev–Trinajstić information content (AvgIpc) is 2.16. The van der Waals surface area contributed by atoms with Gasteiger partial charge in [-0.05, 0) is 31.4 Å². The zero-order valence-electron chi connectivity index (χ0n) is 7.41. The number of hydrogen-bond acceptors (Lipinski definition) is 1. The molecule has 0 radical (unpaired) electrons. The van der Waals surface area contributed by atoms with Crippen LogP contribution in [0.1, 0.15) is 6.42 Å². The first-order valence-electron chi connectivity index (χ1n) is 4.11. The van der Waals surface area contributed by atoms with Gasteiger partial charge in [-0.2, -0.15) is 0 Å². The SMILES string of the molecule is C=CC=C(N=C)C1C=CC(F)=CC1. The topological polar surface area (TPSA) is 12.4 Å². The Bertz CT molecular complexity index is 297. The molecule has 1 atom stereocenters. The maximum atomic E-state index is 12.6. The van der Waals surface area contributed by atoms with Gasteiger partial charge < -0.3 is 0 Å². The molecule has 2 heteroatoms. The smallest absolute Gasteiger partial charge is 0.118 e. The van der Waals surface area contributed by atoms with E-state index in [1.807, 2.05) is 0 Å². The molecule has 0 amide bonds. The fraction of sp³-hybridized carbons (Fsp3) is 0.182. The second kappa shape index (κ2) is 4.55. The highest BCUT2D eigenvalue weighted by Crippen LogP contribution is 2.24. The minimum atomic E-state index is -0.182. The fourth-order valence-corrected chi connectivity index (χ4v) is 1.23. The summed E-state index contributed by atoms with van der Waals surface area (Å²) < 4.78 is 12.6. The monoisotopic (exact) mass is 177 g/mol. The summed E-state index contributed by atoms with van der Waals surface area (Å²) in [6.45, 7) is 7.04. The highest BCUT2D eigenvalue weighted by molar-refractivity contribution is 5.34. The molecular formula is C11H12FN. The van der Waals surface area contributed by atoms with Crippen LogP contribution in [0.3, 0.4) is 0 Å². The predicted octanol–water partition coefficient (Wildman–Crippen LogP) is 3.19. The number of hydrogen-bond donors (Lipinski definition) is 0. The molecule has 0 fully saturated rings. The lowest BCUT2D eigenvalue weighted by Gasteiger charge is -2.13. The van der Waals surface area contributed by atoms with Crippen molar-refractivity contribution in [3.63, 3.8) is 0 Å². The van der Waals surface area contributed by atoms with Crippen molar-refractivity contribution in [2.24, 2.45) is 10.9 Å². The number of halogens is 1. The van der Waals surface area contributed by atoms with Gasteiger partial charge in [-0.25, -0.2) is 4.39 Å². The summed E-state index contributed by atoms with van der Waals surface area (Å²) in [5, 5.41) is 0. The molecule has 1 unspecified atom stereocenters. The molecule has 1 nitrogen and oxygen atoms in total. The van der Waals surface area contributed by atoms with Crippen LogP contribution in [-0.4, -0.2) is 6.72 Å². The van der Waals surface area contributed by atoms with Gasteiger partial charge in [0.2, 0.25) is 0 Å². The summed E-state index contributed by atoms with van der Waals surface area (Å²) in [5.74, 6) is -0.0479. The molecule has 0 aromatic heterocycles. The maximum Gasteiger partial charge on any atom is 0.118 e. The lowest BCUT2D eigenvalue weighted by atomic mass is 9.97. The summed E-state index contributed by atoms with van der Waals surface area (Å²) in [5.41, 5.74) is 0.829. The minimum Gasteiger partial charge on any atom is -0.268 e. The molecule has 13 heavy (non-hydrogen) atoms. The molecule has 0 aliphatic heterocycles. The standard InChI is InChI=1S/C11H12FN/c1-3-4-11(13-2)9-5-7-10(12)8-6-9/h3-5,7-9H,1-2,6H2. The van der Waals surface area contributed by atoms with Crippen molar-refractivity contribution in [2.45, 2.75) is 6.42 Å². The molecule has 0 N–H and O–H groups in total. The van der Waals surface area contributed by atoms with E-state index in [4.69, 9.17) is 0 Å². The Hall–Kier alpha value is -1.44. The Morgan fingerprint density at radius 1 is 1.69 bits per heavy atom. The van der Waals surface area contributed by atoms with Gasteiger partial charge in [0.25, 0.3) is 0 Å². The van der Waals surface area contributed by atoms with Gasteiger partial charge in [0.05, 0.1) is 0 Å². The lowest BCUT2D eigenvalue weighted by Crippen LogP contribution is -2.00. The molecule has 0 aromatic rings. The van der Waals surface area contributed by atoms with Gasteiger partial charge in [-0.3, -0.25) is 4.99 Å².